The van der Waals surface area contributed by atoms with Crippen LogP contribution < -0.4 is 0 Å². The summed E-state index contributed by atoms with van der Waals surface area (Å²) in [6.07, 6.45) is 0.453. The molecule has 0 spiro atoms. The highest BCUT2D eigenvalue weighted by atomic mass is 35.5. The summed E-state index contributed by atoms with van der Waals surface area (Å²) >= 11 is 11.7. The van der Waals surface area contributed by atoms with Crippen LogP contribution in [-0.2, 0) is 0 Å². The van der Waals surface area contributed by atoms with Crippen LogP contribution in [0.15, 0.2) is 36.4 Å². The molecule has 0 bridgehead atoms. The van der Waals surface area contributed by atoms with E-state index in [4.69, 9.17) is 23.2 Å². The highest BCUT2D eigenvalue weighted by Gasteiger charge is 2.24. The maximum absolute atomic E-state index is 12.5. The molecule has 2 N–H and O–H groups in total. The van der Waals surface area contributed by atoms with E-state index in [2.05, 4.69) is 4.98 Å². The van der Waals surface area contributed by atoms with Crippen molar-refractivity contribution in [3.05, 3.63) is 57.8 Å². The number of carbonyl (C=O) groups excluding carboxylic acids is 1. The van der Waals surface area contributed by atoms with E-state index in [9.17, 15) is 9.90 Å². The van der Waals surface area contributed by atoms with Crippen LogP contribution in [0, 0.1) is 0 Å². The van der Waals surface area contributed by atoms with Crippen LogP contribution >= 0.6 is 23.2 Å². The lowest BCUT2D eigenvalue weighted by Gasteiger charge is -2.28. The van der Waals surface area contributed by atoms with E-state index in [1.165, 1.54) is 6.07 Å². The lowest BCUT2D eigenvalue weighted by Crippen LogP contribution is -2.32. The van der Waals surface area contributed by atoms with Crippen molar-refractivity contribution < 1.29 is 9.90 Å². The standard InChI is InChI=1S/C15H16Cl2N2O2/c1-19(15(21)12-9-11(16)14(17)18-12)13(7-8-20)10-5-3-2-4-6-10/h2-6,9,13,18,20H,7-8H2,1H3. The Morgan fingerprint density at radius 3 is 2.52 bits per heavy atom. The second kappa shape index (κ2) is 6.98. The summed E-state index contributed by atoms with van der Waals surface area (Å²) in [6, 6.07) is 10.9. The minimum Gasteiger partial charge on any atom is -0.396 e. The SMILES string of the molecule is CN(C(=O)c1cc(Cl)c(Cl)[nH]1)C(CCO)c1ccccc1. The van der Waals surface area contributed by atoms with Gasteiger partial charge in [0.05, 0.1) is 11.1 Å². The average molecular weight is 327 g/mol. The lowest BCUT2D eigenvalue weighted by molar-refractivity contribution is 0.0700. The summed E-state index contributed by atoms with van der Waals surface area (Å²) in [7, 11) is 1.69. The summed E-state index contributed by atoms with van der Waals surface area (Å²) in [6.45, 7) is -0.0105. The van der Waals surface area contributed by atoms with Crippen molar-refractivity contribution in [2.45, 2.75) is 12.5 Å². The number of aliphatic hydroxyl groups is 1. The first kappa shape index (κ1) is 15.9. The molecule has 1 aromatic carbocycles. The Labute approximate surface area is 133 Å². The molecular formula is C15H16Cl2N2O2. The molecule has 1 aromatic heterocycles. The molecule has 4 nitrogen and oxygen atoms in total. The van der Waals surface area contributed by atoms with Crippen LogP contribution in [0.25, 0.3) is 0 Å². The minimum absolute atomic E-state index is 0.0105. The number of aromatic nitrogens is 1. The number of carbonyl (C=O) groups is 1. The van der Waals surface area contributed by atoms with Crippen molar-refractivity contribution in [2.24, 2.45) is 0 Å². The Morgan fingerprint density at radius 1 is 1.33 bits per heavy atom. The van der Waals surface area contributed by atoms with E-state index < -0.39 is 0 Å². The van der Waals surface area contributed by atoms with Gasteiger partial charge in [0.2, 0.25) is 0 Å². The zero-order chi connectivity index (χ0) is 15.4. The average Bonchev–Trinajstić information content (AvgIpc) is 2.84. The number of halogens is 2. The van der Waals surface area contributed by atoms with Crippen molar-refractivity contribution in [1.82, 2.24) is 9.88 Å². The number of benzene rings is 1. The predicted octanol–water partition coefficient (Wildman–Crippen LogP) is 3.52. The van der Waals surface area contributed by atoms with E-state index >= 15 is 0 Å². The van der Waals surface area contributed by atoms with E-state index in [1.54, 1.807) is 11.9 Å². The smallest absolute Gasteiger partial charge is 0.270 e. The fraction of sp³-hybridized carbons (Fsp3) is 0.267. The molecule has 2 aromatic rings. The van der Waals surface area contributed by atoms with E-state index in [0.29, 0.717) is 17.1 Å². The molecule has 0 aliphatic carbocycles. The Bertz CT molecular complexity index is 594. The molecule has 1 unspecified atom stereocenters. The number of aromatic amines is 1. The fourth-order valence-corrected chi connectivity index (χ4v) is 2.54. The van der Waals surface area contributed by atoms with Crippen molar-refractivity contribution in [1.29, 1.82) is 0 Å². The van der Waals surface area contributed by atoms with Crippen LogP contribution in [0.1, 0.15) is 28.5 Å². The molecular weight excluding hydrogens is 311 g/mol. The monoisotopic (exact) mass is 326 g/mol. The summed E-state index contributed by atoms with van der Waals surface area (Å²) in [5.74, 6) is -0.230. The molecule has 0 saturated carbocycles. The van der Waals surface area contributed by atoms with Crippen molar-refractivity contribution >= 4 is 29.1 Å². The van der Waals surface area contributed by atoms with Gasteiger partial charge in [-0.05, 0) is 18.1 Å². The van der Waals surface area contributed by atoms with Gasteiger partial charge in [-0.25, -0.2) is 0 Å². The van der Waals surface area contributed by atoms with Crippen molar-refractivity contribution in [3.8, 4) is 0 Å². The molecule has 21 heavy (non-hydrogen) atoms. The number of aliphatic hydroxyl groups excluding tert-OH is 1. The van der Waals surface area contributed by atoms with Gasteiger partial charge in [0, 0.05) is 13.7 Å². The number of hydrogen-bond acceptors (Lipinski definition) is 2. The molecule has 2 rings (SSSR count). The molecule has 0 aliphatic rings. The number of nitrogens with zero attached hydrogens (tertiary/aromatic N) is 1. The zero-order valence-corrected chi connectivity index (χ0v) is 13.0. The summed E-state index contributed by atoms with van der Waals surface area (Å²) in [5.41, 5.74) is 1.29. The molecule has 112 valence electrons. The first-order valence-electron chi connectivity index (χ1n) is 6.51. The van der Waals surface area contributed by atoms with Gasteiger partial charge in [0.25, 0.3) is 5.91 Å². The second-order valence-electron chi connectivity index (χ2n) is 4.70. The Hall–Kier alpha value is -1.49. The maximum Gasteiger partial charge on any atom is 0.270 e. The van der Waals surface area contributed by atoms with Gasteiger partial charge < -0.3 is 15.0 Å². The molecule has 1 amide bonds. The number of amides is 1. The number of H-pyrrole nitrogens is 1. The first-order chi connectivity index (χ1) is 10.0. The van der Waals surface area contributed by atoms with Gasteiger partial charge >= 0.3 is 0 Å². The van der Waals surface area contributed by atoms with Gasteiger partial charge in [-0.3, -0.25) is 4.79 Å². The number of rotatable bonds is 5. The van der Waals surface area contributed by atoms with Gasteiger partial charge in [0.1, 0.15) is 10.8 Å². The Kier molecular flexibility index (Phi) is 5.28. The largest absolute Gasteiger partial charge is 0.396 e. The fourth-order valence-electron chi connectivity index (χ4n) is 2.23. The molecule has 1 heterocycles. The van der Waals surface area contributed by atoms with E-state index in [0.717, 1.165) is 5.56 Å². The summed E-state index contributed by atoms with van der Waals surface area (Å²) in [4.78, 5) is 16.8. The quantitative estimate of drug-likeness (QED) is 0.883. The number of nitrogens with one attached hydrogen (secondary N) is 1. The third kappa shape index (κ3) is 3.59. The molecule has 0 saturated heterocycles. The second-order valence-corrected chi connectivity index (χ2v) is 5.48. The van der Waals surface area contributed by atoms with Gasteiger partial charge in [-0.2, -0.15) is 0 Å². The molecule has 6 heteroatoms. The third-order valence-electron chi connectivity index (χ3n) is 3.33. The lowest BCUT2D eigenvalue weighted by atomic mass is 10.0. The van der Waals surface area contributed by atoms with Gasteiger partial charge in [-0.15, -0.1) is 0 Å². The normalized spacial score (nSPS) is 12.2. The molecule has 1 atom stereocenters. The van der Waals surface area contributed by atoms with Crippen LogP contribution in [0.5, 0.6) is 0 Å². The highest BCUT2D eigenvalue weighted by molar-refractivity contribution is 6.41. The van der Waals surface area contributed by atoms with Crippen LogP contribution in [-0.4, -0.2) is 34.6 Å². The van der Waals surface area contributed by atoms with Crippen molar-refractivity contribution in [2.75, 3.05) is 13.7 Å². The summed E-state index contributed by atoms with van der Waals surface area (Å²) < 4.78 is 0. The number of hydrogen-bond donors (Lipinski definition) is 2. The third-order valence-corrected chi connectivity index (χ3v) is 4.02. The van der Waals surface area contributed by atoms with E-state index in [-0.39, 0.29) is 23.7 Å². The summed E-state index contributed by atoms with van der Waals surface area (Å²) in [5, 5.41) is 9.81. The van der Waals surface area contributed by atoms with Gasteiger partial charge in [-0.1, -0.05) is 53.5 Å². The molecule has 0 fully saturated rings. The highest BCUT2D eigenvalue weighted by Crippen LogP contribution is 2.27. The van der Waals surface area contributed by atoms with Gasteiger partial charge in [0.15, 0.2) is 0 Å². The molecule has 0 aliphatic heterocycles. The van der Waals surface area contributed by atoms with E-state index in [1.807, 2.05) is 30.3 Å². The Morgan fingerprint density at radius 2 is 2.00 bits per heavy atom. The van der Waals surface area contributed by atoms with Crippen LogP contribution in [0.3, 0.4) is 0 Å². The topological polar surface area (TPSA) is 56.3 Å². The van der Waals surface area contributed by atoms with Crippen LogP contribution in [0.4, 0.5) is 0 Å². The predicted molar refractivity (Wildman–Crippen MR) is 83.8 cm³/mol. The zero-order valence-electron chi connectivity index (χ0n) is 11.5. The van der Waals surface area contributed by atoms with Crippen molar-refractivity contribution in [3.63, 3.8) is 0 Å². The maximum atomic E-state index is 12.5. The van der Waals surface area contributed by atoms with Crippen LogP contribution in [0.2, 0.25) is 10.2 Å². The first-order valence-corrected chi connectivity index (χ1v) is 7.27. The minimum atomic E-state index is -0.230. The molecule has 0 radical (unpaired) electrons. The Balaban J connectivity index is 2.26.